The van der Waals surface area contributed by atoms with Crippen LogP contribution in [0.2, 0.25) is 0 Å². The van der Waals surface area contributed by atoms with Crippen molar-refractivity contribution in [2.45, 2.75) is 83.5 Å². The maximum absolute atomic E-state index is 2.81. The van der Waals surface area contributed by atoms with Crippen molar-refractivity contribution in [2.24, 2.45) is 17.8 Å². The van der Waals surface area contributed by atoms with Gasteiger partial charge in [-0.1, -0.05) is 73.9 Å². The molecule has 0 aromatic rings. The van der Waals surface area contributed by atoms with Gasteiger partial charge in [0.15, 0.2) is 0 Å². The fraction of sp³-hybridized carbons (Fsp3) is 0.688. The van der Waals surface area contributed by atoms with Crippen molar-refractivity contribution >= 4 is 0 Å². The first-order valence-electron chi connectivity index (χ1n) is 14.9. The Balaban J connectivity index is 1.52. The molecule has 188 valence electrons. The second kappa shape index (κ2) is 14.9. The Labute approximate surface area is 210 Å². The first-order valence-corrected chi connectivity index (χ1v) is 14.9. The number of nitrogens with one attached hydrogen (secondary N) is 2. The van der Waals surface area contributed by atoms with Crippen LogP contribution >= 0.6 is 0 Å². The van der Waals surface area contributed by atoms with Gasteiger partial charge in [0.2, 0.25) is 0 Å². The summed E-state index contributed by atoms with van der Waals surface area (Å²) in [6, 6.07) is 0. The van der Waals surface area contributed by atoms with Gasteiger partial charge in [0.25, 0.3) is 0 Å². The Morgan fingerprint density at radius 1 is 0.588 bits per heavy atom. The normalized spacial score (nSPS) is 38.4. The predicted molar refractivity (Wildman–Crippen MR) is 146 cm³/mol. The van der Waals surface area contributed by atoms with E-state index >= 15 is 0 Å². The van der Waals surface area contributed by atoms with Crippen LogP contribution in [0.5, 0.6) is 0 Å². The number of quaternary nitrogens is 2. The van der Waals surface area contributed by atoms with Crippen LogP contribution in [0.25, 0.3) is 0 Å². The van der Waals surface area contributed by atoms with E-state index in [1.807, 2.05) is 9.80 Å². The Morgan fingerprint density at radius 2 is 1.26 bits per heavy atom. The van der Waals surface area contributed by atoms with Crippen LogP contribution in [0.3, 0.4) is 0 Å². The first kappa shape index (κ1) is 25.7. The Kier molecular flexibility index (Phi) is 11.3. The Bertz CT molecular complexity index is 727. The summed E-state index contributed by atoms with van der Waals surface area (Å²) >= 11 is 0. The smallest absolute Gasteiger partial charge is 0.0988 e. The highest BCUT2D eigenvalue weighted by atomic mass is 15.1. The molecule has 5 heterocycles. The standard InChI is InChI=1S/C32H50N2/c1-2-5-10-14-18-23-34-26-29-19-15-11-7-4-6-9-13-17-22-33-24-21-32(31(25-29)28-34)30(27-33)20-16-12-8-3-1/h2,4-6,9-10,13-14,25,30-32H,1,3,7-8,11-12,15-24,26-28H2/p+2/b5-2-,6-4-,13-9+,14-10-/t30-,31+,32-/m1/s1. The highest BCUT2D eigenvalue weighted by Crippen LogP contribution is 2.32. The number of fused-ring (bicyclic) bond motifs is 9. The molecule has 2 nitrogen and oxygen atoms in total. The number of hydrogen-bond donors (Lipinski definition) is 2. The summed E-state index contributed by atoms with van der Waals surface area (Å²) in [6.07, 6.45) is 39.2. The minimum atomic E-state index is 0.820. The van der Waals surface area contributed by atoms with Crippen molar-refractivity contribution < 1.29 is 9.80 Å². The van der Waals surface area contributed by atoms with Crippen molar-refractivity contribution in [2.75, 3.05) is 39.3 Å². The SMILES string of the molecule is C1=C2CCCC/C=C\C=C\CC[NH+]3CC[C@@H]4[C@H](CCCCCC/C=C\C=C/CC[NH+](C2)C[C@H]14)C3. The van der Waals surface area contributed by atoms with E-state index in [4.69, 9.17) is 0 Å². The molecular formula is C32H52N2+2. The minimum absolute atomic E-state index is 0.820. The van der Waals surface area contributed by atoms with Crippen LogP contribution < -0.4 is 9.80 Å². The van der Waals surface area contributed by atoms with E-state index in [2.05, 4.69) is 54.7 Å². The van der Waals surface area contributed by atoms with Crippen LogP contribution in [-0.4, -0.2) is 39.3 Å². The van der Waals surface area contributed by atoms with Gasteiger partial charge in [0.05, 0.1) is 39.3 Å². The van der Waals surface area contributed by atoms with E-state index in [0.29, 0.717) is 0 Å². The molecule has 0 aromatic carbocycles. The van der Waals surface area contributed by atoms with Gasteiger partial charge in [-0.15, -0.1) is 0 Å². The summed E-state index contributed by atoms with van der Waals surface area (Å²) in [5.41, 5.74) is 1.79. The molecule has 0 radical (unpaired) electrons. The van der Waals surface area contributed by atoms with Crippen LogP contribution in [0.4, 0.5) is 0 Å². The lowest BCUT2D eigenvalue weighted by molar-refractivity contribution is -0.913. The maximum atomic E-state index is 2.81. The quantitative estimate of drug-likeness (QED) is 0.473. The minimum Gasteiger partial charge on any atom is -0.334 e. The third kappa shape index (κ3) is 8.68. The molecule has 0 aromatic heterocycles. The third-order valence-electron chi connectivity index (χ3n) is 8.90. The zero-order valence-electron chi connectivity index (χ0n) is 21.9. The highest BCUT2D eigenvalue weighted by molar-refractivity contribution is 5.09. The fourth-order valence-corrected chi connectivity index (χ4v) is 7.03. The molecule has 34 heavy (non-hydrogen) atoms. The summed E-state index contributed by atoms with van der Waals surface area (Å²) in [5.74, 6) is 2.68. The molecule has 1 fully saturated rings. The number of hydrogen-bond acceptors (Lipinski definition) is 0. The molecule has 2 N–H and O–H groups in total. The monoisotopic (exact) mass is 464 g/mol. The van der Waals surface area contributed by atoms with Crippen molar-refractivity contribution in [1.29, 1.82) is 0 Å². The second-order valence-electron chi connectivity index (χ2n) is 11.6. The summed E-state index contributed by atoms with van der Waals surface area (Å²) < 4.78 is 0. The second-order valence-corrected chi connectivity index (χ2v) is 11.6. The van der Waals surface area contributed by atoms with Gasteiger partial charge < -0.3 is 9.80 Å². The molecule has 2 heteroatoms. The van der Waals surface area contributed by atoms with Crippen LogP contribution in [0.1, 0.15) is 83.5 Å². The van der Waals surface area contributed by atoms with E-state index in [-0.39, 0.29) is 0 Å². The molecule has 0 aliphatic carbocycles. The summed E-state index contributed by atoms with van der Waals surface area (Å²) in [7, 11) is 0. The van der Waals surface area contributed by atoms with E-state index in [9.17, 15) is 0 Å². The molecule has 5 rings (SSSR count). The van der Waals surface area contributed by atoms with Crippen LogP contribution in [0.15, 0.2) is 60.3 Å². The molecule has 5 atom stereocenters. The number of rotatable bonds is 0. The Morgan fingerprint density at radius 3 is 2.06 bits per heavy atom. The average molecular weight is 465 g/mol. The van der Waals surface area contributed by atoms with Crippen molar-refractivity contribution in [3.63, 3.8) is 0 Å². The Hall–Kier alpha value is -1.38. The van der Waals surface area contributed by atoms with Gasteiger partial charge >= 0.3 is 0 Å². The third-order valence-corrected chi connectivity index (χ3v) is 8.90. The zero-order valence-corrected chi connectivity index (χ0v) is 21.9. The van der Waals surface area contributed by atoms with Crippen LogP contribution in [-0.2, 0) is 0 Å². The van der Waals surface area contributed by atoms with Gasteiger partial charge in [-0.25, -0.2) is 0 Å². The molecular weight excluding hydrogens is 412 g/mol. The molecule has 2 unspecified atom stereocenters. The van der Waals surface area contributed by atoms with Crippen molar-refractivity contribution in [3.8, 4) is 0 Å². The van der Waals surface area contributed by atoms with Gasteiger partial charge in [0.1, 0.15) is 0 Å². The lowest BCUT2D eigenvalue weighted by Crippen LogP contribution is -3.15. The van der Waals surface area contributed by atoms with E-state index in [1.165, 1.54) is 123 Å². The van der Waals surface area contributed by atoms with E-state index < -0.39 is 0 Å². The zero-order chi connectivity index (χ0) is 23.3. The number of piperidine rings is 1. The molecule has 0 spiro atoms. The molecule has 1 saturated heterocycles. The molecule has 5 aliphatic heterocycles. The first-order chi connectivity index (χ1) is 16.9. The average Bonchev–Trinajstić information content (AvgIpc) is 2.85. The van der Waals surface area contributed by atoms with Gasteiger partial charge in [-0.05, 0) is 56.4 Å². The lowest BCUT2D eigenvalue weighted by atomic mass is 9.72. The van der Waals surface area contributed by atoms with Crippen molar-refractivity contribution in [3.05, 3.63) is 60.3 Å². The summed E-state index contributed by atoms with van der Waals surface area (Å²) in [6.45, 7) is 8.14. The molecule has 5 aliphatic rings. The van der Waals surface area contributed by atoms with E-state index in [1.54, 1.807) is 5.57 Å². The largest absolute Gasteiger partial charge is 0.334 e. The maximum Gasteiger partial charge on any atom is 0.0988 e. The van der Waals surface area contributed by atoms with Crippen molar-refractivity contribution in [1.82, 2.24) is 0 Å². The van der Waals surface area contributed by atoms with E-state index in [0.717, 1.165) is 17.8 Å². The van der Waals surface area contributed by atoms with Gasteiger partial charge in [-0.2, -0.15) is 0 Å². The van der Waals surface area contributed by atoms with Gasteiger partial charge in [0, 0.05) is 31.1 Å². The lowest BCUT2D eigenvalue weighted by Gasteiger charge is -2.42. The predicted octanol–water partition coefficient (Wildman–Crippen LogP) is 4.88. The van der Waals surface area contributed by atoms with Crippen LogP contribution in [0, 0.1) is 17.8 Å². The molecule has 6 bridgehead atoms. The summed E-state index contributed by atoms with van der Waals surface area (Å²) in [4.78, 5) is 3.74. The topological polar surface area (TPSA) is 8.88 Å². The number of allylic oxidation sites excluding steroid dienone is 6. The van der Waals surface area contributed by atoms with Gasteiger partial charge in [-0.3, -0.25) is 0 Å². The highest BCUT2D eigenvalue weighted by Gasteiger charge is 2.38. The fourth-order valence-electron chi connectivity index (χ4n) is 7.03. The molecule has 0 amide bonds. The summed E-state index contributed by atoms with van der Waals surface area (Å²) in [5, 5.41) is 0. The molecule has 0 saturated carbocycles.